The van der Waals surface area contributed by atoms with Crippen LogP contribution in [0.2, 0.25) is 0 Å². The highest BCUT2D eigenvalue weighted by atomic mass is 32.2. The van der Waals surface area contributed by atoms with Gasteiger partial charge in [0.05, 0.1) is 11.3 Å². The topological polar surface area (TPSA) is 109 Å². The summed E-state index contributed by atoms with van der Waals surface area (Å²) >= 11 is 1.24. The van der Waals surface area contributed by atoms with Crippen molar-refractivity contribution in [1.29, 1.82) is 0 Å². The highest BCUT2D eigenvalue weighted by Gasteiger charge is 2.34. The summed E-state index contributed by atoms with van der Waals surface area (Å²) in [5.41, 5.74) is 4.27. The van der Waals surface area contributed by atoms with Crippen LogP contribution >= 0.6 is 11.8 Å². The molecular weight excluding hydrogens is 486 g/mol. The Bertz CT molecular complexity index is 1480. The Kier molecular flexibility index (Phi) is 6.78. The van der Waals surface area contributed by atoms with Gasteiger partial charge in [-0.15, -0.1) is 5.10 Å². The van der Waals surface area contributed by atoms with Crippen LogP contribution in [0, 0.1) is 6.92 Å². The number of nitrogens with one attached hydrogen (secondary N) is 2. The first-order valence-corrected chi connectivity index (χ1v) is 12.7. The lowest BCUT2D eigenvalue weighted by Crippen LogP contribution is -2.31. The summed E-state index contributed by atoms with van der Waals surface area (Å²) in [4.78, 5) is 30.7. The summed E-state index contributed by atoms with van der Waals surface area (Å²) in [5, 5.41) is 21.1. The van der Waals surface area contributed by atoms with Gasteiger partial charge >= 0.3 is 0 Å². The van der Waals surface area contributed by atoms with Gasteiger partial charge < -0.3 is 15.7 Å². The Labute approximate surface area is 218 Å². The molecule has 0 radical (unpaired) electrons. The lowest BCUT2D eigenvalue weighted by atomic mass is 9.95. The zero-order chi connectivity index (χ0) is 25.9. The molecule has 1 aliphatic heterocycles. The molecule has 0 saturated heterocycles. The number of carbonyl (C=O) groups is 2. The van der Waals surface area contributed by atoms with Gasteiger partial charge in [0, 0.05) is 16.9 Å². The molecular formula is C28H25N5O3S. The number of thioether (sulfide) groups is 1. The molecule has 1 atom stereocenters. The van der Waals surface area contributed by atoms with Gasteiger partial charge in [0.2, 0.25) is 11.1 Å². The average Bonchev–Trinajstić information content (AvgIpc) is 3.30. The number of phenols is 1. The molecule has 5 rings (SSSR count). The number of allylic oxidation sites excluding steroid dienone is 1. The van der Waals surface area contributed by atoms with Gasteiger partial charge in [-0.1, -0.05) is 71.9 Å². The number of nitrogens with zero attached hydrogens (tertiary/aromatic N) is 3. The molecule has 0 bridgehead atoms. The maximum absolute atomic E-state index is 13.5. The number of aromatic hydroxyl groups is 1. The predicted octanol–water partition coefficient (Wildman–Crippen LogP) is 5.19. The van der Waals surface area contributed by atoms with Crippen molar-refractivity contribution in [2.45, 2.75) is 25.0 Å². The zero-order valence-electron chi connectivity index (χ0n) is 20.3. The van der Waals surface area contributed by atoms with Gasteiger partial charge in [-0.25, -0.2) is 4.68 Å². The number of carbonyl (C=O) groups excluding carboxylic acids is 2. The van der Waals surface area contributed by atoms with Crippen molar-refractivity contribution < 1.29 is 14.7 Å². The maximum Gasteiger partial charge on any atom is 0.255 e. The Morgan fingerprint density at radius 2 is 1.70 bits per heavy atom. The van der Waals surface area contributed by atoms with E-state index in [4.69, 9.17) is 0 Å². The van der Waals surface area contributed by atoms with Gasteiger partial charge in [0.1, 0.15) is 11.8 Å². The van der Waals surface area contributed by atoms with Crippen molar-refractivity contribution in [3.05, 3.63) is 107 Å². The lowest BCUT2D eigenvalue weighted by molar-refractivity contribution is -0.113. The van der Waals surface area contributed by atoms with Gasteiger partial charge in [-0.05, 0) is 43.7 Å². The number of hydrogen-bond donors (Lipinski definition) is 3. The predicted molar refractivity (Wildman–Crippen MR) is 144 cm³/mol. The normalized spacial score (nSPS) is 14.6. The minimum absolute atomic E-state index is 0.0157. The van der Waals surface area contributed by atoms with Crippen LogP contribution in [0.5, 0.6) is 5.75 Å². The second kappa shape index (κ2) is 10.3. The molecule has 3 aromatic carbocycles. The van der Waals surface area contributed by atoms with Crippen LogP contribution < -0.4 is 10.6 Å². The van der Waals surface area contributed by atoms with Crippen molar-refractivity contribution in [1.82, 2.24) is 14.8 Å². The summed E-state index contributed by atoms with van der Waals surface area (Å²) in [6.07, 6.45) is 0. The van der Waals surface area contributed by atoms with E-state index in [2.05, 4.69) is 20.7 Å². The Morgan fingerprint density at radius 1 is 1.00 bits per heavy atom. The van der Waals surface area contributed by atoms with E-state index in [0.29, 0.717) is 33.6 Å². The maximum atomic E-state index is 13.5. The fourth-order valence-electron chi connectivity index (χ4n) is 4.12. The van der Waals surface area contributed by atoms with Crippen LogP contribution in [0.15, 0.2) is 95.3 Å². The number of benzene rings is 3. The SMILES string of the molecule is CC1=C(C(=O)Nc2ccccc2)C(c2ccc(O)cc2)n2nc(SCC(=O)c3ccc(C)cc3)nc2N1. The Hall–Kier alpha value is -4.37. The second-order valence-electron chi connectivity index (χ2n) is 8.72. The number of amides is 1. The number of hydrogen-bond acceptors (Lipinski definition) is 7. The molecule has 1 aromatic heterocycles. The summed E-state index contributed by atoms with van der Waals surface area (Å²) in [7, 11) is 0. The van der Waals surface area contributed by atoms with Crippen LogP contribution in [0.1, 0.15) is 34.5 Å². The number of aromatic nitrogens is 3. The standard InChI is InChI=1S/C28H25N5O3S/c1-17-8-10-19(11-9-17)23(35)16-37-28-31-27-29-18(2)24(26(36)30-21-6-4-3-5-7-21)25(33(27)32-28)20-12-14-22(34)15-13-20/h3-15,25,34H,16H2,1-2H3,(H,30,36)(H,29,31,32). The van der Waals surface area contributed by atoms with E-state index in [1.54, 1.807) is 28.9 Å². The van der Waals surface area contributed by atoms with Gasteiger partial charge in [0.25, 0.3) is 5.91 Å². The minimum Gasteiger partial charge on any atom is -0.508 e. The number of ketones is 1. The monoisotopic (exact) mass is 511 g/mol. The first kappa shape index (κ1) is 24.3. The Balaban J connectivity index is 1.44. The van der Waals surface area contributed by atoms with E-state index in [0.717, 1.165) is 11.1 Å². The lowest BCUT2D eigenvalue weighted by Gasteiger charge is -2.28. The van der Waals surface area contributed by atoms with E-state index in [1.807, 2.05) is 68.4 Å². The molecule has 4 aromatic rings. The molecule has 3 N–H and O–H groups in total. The molecule has 1 amide bonds. The molecule has 1 unspecified atom stereocenters. The molecule has 0 spiro atoms. The van der Waals surface area contributed by atoms with E-state index in [9.17, 15) is 14.7 Å². The highest BCUT2D eigenvalue weighted by molar-refractivity contribution is 7.99. The smallest absolute Gasteiger partial charge is 0.255 e. The van der Waals surface area contributed by atoms with Crippen LogP contribution in [-0.2, 0) is 4.79 Å². The first-order chi connectivity index (χ1) is 17.9. The molecule has 186 valence electrons. The number of para-hydroxylation sites is 1. The number of anilines is 2. The fraction of sp³-hybridized carbons (Fsp3) is 0.143. The molecule has 0 saturated carbocycles. The molecule has 8 nitrogen and oxygen atoms in total. The summed E-state index contributed by atoms with van der Waals surface area (Å²) in [6.45, 7) is 3.80. The number of Topliss-reactive ketones (excluding diaryl/α,β-unsaturated/α-hetero) is 1. The van der Waals surface area contributed by atoms with Crippen LogP contribution in [0.3, 0.4) is 0 Å². The number of phenolic OH excluding ortho intramolecular Hbond substituents is 1. The quantitative estimate of drug-likeness (QED) is 0.231. The second-order valence-corrected chi connectivity index (χ2v) is 9.66. The van der Waals surface area contributed by atoms with Gasteiger partial charge in [-0.2, -0.15) is 4.98 Å². The van der Waals surface area contributed by atoms with Crippen molar-refractivity contribution in [2.24, 2.45) is 0 Å². The van der Waals surface area contributed by atoms with Crippen molar-refractivity contribution >= 4 is 35.1 Å². The molecule has 37 heavy (non-hydrogen) atoms. The number of aryl methyl sites for hydroxylation is 1. The number of rotatable bonds is 7. The van der Waals surface area contributed by atoms with E-state index in [1.165, 1.54) is 11.8 Å². The average molecular weight is 512 g/mol. The van der Waals surface area contributed by atoms with Crippen LogP contribution in [-0.4, -0.2) is 37.3 Å². The number of fused-ring (bicyclic) bond motifs is 1. The molecule has 0 aliphatic carbocycles. The summed E-state index contributed by atoms with van der Waals surface area (Å²) in [5.74, 6) is 0.483. The zero-order valence-corrected chi connectivity index (χ0v) is 21.1. The fourth-order valence-corrected chi connectivity index (χ4v) is 4.85. The minimum atomic E-state index is -0.588. The third-order valence-electron chi connectivity index (χ3n) is 6.02. The van der Waals surface area contributed by atoms with Gasteiger partial charge in [-0.3, -0.25) is 9.59 Å². The van der Waals surface area contributed by atoms with E-state index >= 15 is 0 Å². The first-order valence-electron chi connectivity index (χ1n) is 11.7. The molecule has 0 fully saturated rings. The molecule has 1 aliphatic rings. The summed E-state index contributed by atoms with van der Waals surface area (Å²) in [6, 6.07) is 22.8. The van der Waals surface area contributed by atoms with Crippen molar-refractivity contribution in [3.63, 3.8) is 0 Å². The third kappa shape index (κ3) is 5.26. The van der Waals surface area contributed by atoms with E-state index < -0.39 is 6.04 Å². The molecule has 9 heteroatoms. The summed E-state index contributed by atoms with van der Waals surface area (Å²) < 4.78 is 1.65. The third-order valence-corrected chi connectivity index (χ3v) is 6.86. The van der Waals surface area contributed by atoms with Crippen LogP contribution in [0.25, 0.3) is 0 Å². The van der Waals surface area contributed by atoms with Gasteiger partial charge in [0.15, 0.2) is 5.78 Å². The van der Waals surface area contributed by atoms with Crippen molar-refractivity contribution in [3.8, 4) is 5.75 Å². The van der Waals surface area contributed by atoms with Crippen molar-refractivity contribution in [2.75, 3.05) is 16.4 Å². The molecule has 2 heterocycles. The Morgan fingerprint density at radius 3 is 2.41 bits per heavy atom. The highest BCUT2D eigenvalue weighted by Crippen LogP contribution is 2.37. The van der Waals surface area contributed by atoms with E-state index in [-0.39, 0.29) is 23.2 Å². The van der Waals surface area contributed by atoms with Crippen LogP contribution in [0.4, 0.5) is 11.6 Å². The largest absolute Gasteiger partial charge is 0.508 e.